The number of aromatic nitrogens is 4. The fourth-order valence-corrected chi connectivity index (χ4v) is 11.0. The van der Waals surface area contributed by atoms with Crippen molar-refractivity contribution in [3.8, 4) is 62.1 Å². The van der Waals surface area contributed by atoms with Gasteiger partial charge < -0.3 is 8.98 Å². The average Bonchev–Trinajstić information content (AvgIpc) is 3.91. The van der Waals surface area contributed by atoms with Crippen molar-refractivity contribution in [3.05, 3.63) is 241 Å². The lowest BCUT2D eigenvalue weighted by Gasteiger charge is -2.20. The Morgan fingerprint density at radius 1 is 0.391 bits per heavy atom. The molecular weight excluding hydrogens is 841 g/mol. The topological polar surface area (TPSA) is 56.7 Å². The summed E-state index contributed by atoms with van der Waals surface area (Å²) in [5, 5.41) is 7.08. The van der Waals surface area contributed by atoms with E-state index in [1.165, 1.54) is 44.0 Å². The second-order valence-electron chi connectivity index (χ2n) is 18.2. The molecule has 1 aliphatic carbocycles. The number of rotatable bonds is 6. The van der Waals surface area contributed by atoms with Crippen LogP contribution in [-0.4, -0.2) is 19.5 Å². The van der Waals surface area contributed by atoms with Crippen molar-refractivity contribution in [2.75, 3.05) is 0 Å². The maximum absolute atomic E-state index is 6.82. The number of aryl methyl sites for hydroxylation is 1. The molecule has 324 valence electrons. The average molecular weight is 883 g/mol. The minimum Gasteiger partial charge on any atom is -0.456 e. The first kappa shape index (κ1) is 39.3. The second kappa shape index (κ2) is 15.9. The van der Waals surface area contributed by atoms with Crippen molar-refractivity contribution in [2.45, 2.75) is 18.8 Å². The molecule has 0 radical (unpaired) electrons. The molecule has 1 unspecified atom stereocenters. The van der Waals surface area contributed by atoms with Gasteiger partial charge in [-0.25, -0.2) is 15.0 Å². The minimum atomic E-state index is 0.0656. The highest BCUT2D eigenvalue weighted by Crippen LogP contribution is 2.47. The molecule has 3 aromatic heterocycles. The van der Waals surface area contributed by atoms with E-state index in [1.807, 2.05) is 6.07 Å². The standard InChI is InChI=1S/C64H42N4O/c1-3-15-40(16-4-1)41-27-29-42(30-28-41)62-65-63(46-32-34-58-55(37-46)52-23-11-13-25-57(52)68(58)48-19-5-2-6-20-48)67-64(66-62)47-38-56(61-53-24-12-14-26-59(53)69-60(61)39-47)51-33-31-45-35-43-17-7-8-18-44(43)36-54(45)50-22-10-9-21-49(50)51/h1-30,32,34-39,51H,31,33H2. The highest BCUT2D eigenvalue weighted by atomic mass is 16.3. The lowest BCUT2D eigenvalue weighted by molar-refractivity contribution is 0.667. The van der Waals surface area contributed by atoms with Crippen LogP contribution in [0.3, 0.4) is 0 Å². The van der Waals surface area contributed by atoms with E-state index in [4.69, 9.17) is 19.4 Å². The molecule has 0 spiro atoms. The summed E-state index contributed by atoms with van der Waals surface area (Å²) in [7, 11) is 0. The smallest absolute Gasteiger partial charge is 0.164 e. The van der Waals surface area contributed by atoms with Crippen molar-refractivity contribution in [3.63, 3.8) is 0 Å². The zero-order valence-corrected chi connectivity index (χ0v) is 37.6. The molecule has 0 aliphatic heterocycles. The summed E-state index contributed by atoms with van der Waals surface area (Å²) in [4.78, 5) is 16.1. The van der Waals surface area contributed by atoms with Crippen LogP contribution in [0.25, 0.3) is 117 Å². The molecule has 0 saturated carbocycles. The number of fused-ring (bicyclic) bond motifs is 10. The normalized spacial score (nSPS) is 13.5. The van der Waals surface area contributed by atoms with E-state index in [2.05, 4.69) is 223 Å². The van der Waals surface area contributed by atoms with E-state index in [9.17, 15) is 0 Å². The number of furan rings is 1. The van der Waals surface area contributed by atoms with Crippen LogP contribution in [0.2, 0.25) is 0 Å². The molecule has 5 nitrogen and oxygen atoms in total. The van der Waals surface area contributed by atoms with Gasteiger partial charge in [0.05, 0.1) is 11.0 Å². The Morgan fingerprint density at radius 2 is 1.00 bits per heavy atom. The van der Waals surface area contributed by atoms with Crippen LogP contribution in [0, 0.1) is 0 Å². The van der Waals surface area contributed by atoms with Crippen molar-refractivity contribution < 1.29 is 4.42 Å². The van der Waals surface area contributed by atoms with Gasteiger partial charge in [0.2, 0.25) is 0 Å². The molecule has 14 rings (SSSR count). The molecule has 10 aromatic carbocycles. The van der Waals surface area contributed by atoms with Crippen LogP contribution in [0.15, 0.2) is 229 Å². The van der Waals surface area contributed by atoms with Gasteiger partial charge in [-0.2, -0.15) is 0 Å². The first-order chi connectivity index (χ1) is 34.2. The van der Waals surface area contributed by atoms with Crippen LogP contribution in [0.1, 0.15) is 29.0 Å². The second-order valence-corrected chi connectivity index (χ2v) is 18.2. The Kier molecular flexibility index (Phi) is 9.02. The lowest BCUT2D eigenvalue weighted by Crippen LogP contribution is -2.05. The summed E-state index contributed by atoms with van der Waals surface area (Å²) in [5.74, 6) is 1.87. The van der Waals surface area contributed by atoms with E-state index in [0.717, 1.165) is 84.7 Å². The Balaban J connectivity index is 0.981. The van der Waals surface area contributed by atoms with Gasteiger partial charge >= 0.3 is 0 Å². The van der Waals surface area contributed by atoms with E-state index >= 15 is 0 Å². The highest BCUT2D eigenvalue weighted by molar-refractivity contribution is 6.11. The highest BCUT2D eigenvalue weighted by Gasteiger charge is 2.28. The Labute approximate surface area is 398 Å². The third kappa shape index (κ3) is 6.57. The van der Waals surface area contributed by atoms with E-state index in [1.54, 1.807) is 0 Å². The van der Waals surface area contributed by atoms with Gasteiger partial charge in [-0.05, 0) is 123 Å². The first-order valence-corrected chi connectivity index (χ1v) is 23.8. The Morgan fingerprint density at radius 3 is 1.83 bits per heavy atom. The zero-order valence-electron chi connectivity index (χ0n) is 37.6. The van der Waals surface area contributed by atoms with Crippen LogP contribution in [0.4, 0.5) is 0 Å². The molecule has 0 N–H and O–H groups in total. The van der Waals surface area contributed by atoms with Gasteiger partial charge in [0, 0.05) is 49.8 Å². The number of benzene rings is 10. The maximum atomic E-state index is 6.82. The molecule has 3 heterocycles. The van der Waals surface area contributed by atoms with Gasteiger partial charge in [0.25, 0.3) is 0 Å². The predicted molar refractivity (Wildman–Crippen MR) is 283 cm³/mol. The molecule has 69 heavy (non-hydrogen) atoms. The van der Waals surface area contributed by atoms with Crippen molar-refractivity contribution >= 4 is 54.5 Å². The van der Waals surface area contributed by atoms with Crippen LogP contribution < -0.4 is 0 Å². The van der Waals surface area contributed by atoms with Crippen LogP contribution in [0.5, 0.6) is 0 Å². The quantitative estimate of drug-likeness (QED) is 0.167. The van der Waals surface area contributed by atoms with E-state index < -0.39 is 0 Å². The van der Waals surface area contributed by atoms with Gasteiger partial charge in [-0.3, -0.25) is 0 Å². The monoisotopic (exact) mass is 882 g/mol. The van der Waals surface area contributed by atoms with Crippen LogP contribution in [-0.2, 0) is 6.42 Å². The summed E-state index contributed by atoms with van der Waals surface area (Å²) < 4.78 is 9.16. The largest absolute Gasteiger partial charge is 0.456 e. The Bertz CT molecular complexity index is 4130. The molecule has 13 aromatic rings. The predicted octanol–water partition coefficient (Wildman–Crippen LogP) is 16.4. The molecule has 0 amide bonds. The van der Waals surface area contributed by atoms with Gasteiger partial charge in [0.15, 0.2) is 17.5 Å². The van der Waals surface area contributed by atoms with Crippen molar-refractivity contribution in [2.24, 2.45) is 0 Å². The number of para-hydroxylation sites is 3. The van der Waals surface area contributed by atoms with Gasteiger partial charge in [0.1, 0.15) is 11.2 Å². The van der Waals surface area contributed by atoms with Gasteiger partial charge in [-0.1, -0.05) is 164 Å². The van der Waals surface area contributed by atoms with Crippen LogP contribution >= 0.6 is 0 Å². The lowest BCUT2D eigenvalue weighted by atomic mass is 9.83. The molecule has 1 aliphatic rings. The van der Waals surface area contributed by atoms with E-state index in [-0.39, 0.29) is 5.92 Å². The van der Waals surface area contributed by atoms with Gasteiger partial charge in [-0.15, -0.1) is 0 Å². The van der Waals surface area contributed by atoms with Crippen molar-refractivity contribution in [1.29, 1.82) is 0 Å². The summed E-state index contributed by atoms with van der Waals surface area (Å²) in [6, 6.07) is 80.2. The summed E-state index contributed by atoms with van der Waals surface area (Å²) in [6.45, 7) is 0. The number of nitrogens with zero attached hydrogens (tertiary/aromatic N) is 4. The summed E-state index contributed by atoms with van der Waals surface area (Å²) >= 11 is 0. The molecule has 1 atom stereocenters. The van der Waals surface area contributed by atoms with E-state index in [0.29, 0.717) is 17.5 Å². The Hall–Kier alpha value is -8.93. The minimum absolute atomic E-state index is 0.0656. The molecular formula is C64H42N4O. The summed E-state index contributed by atoms with van der Waals surface area (Å²) in [6.07, 6.45) is 1.86. The molecule has 5 heteroatoms. The first-order valence-electron chi connectivity index (χ1n) is 23.8. The number of hydrogen-bond acceptors (Lipinski definition) is 4. The maximum Gasteiger partial charge on any atom is 0.164 e. The number of hydrogen-bond donors (Lipinski definition) is 0. The fraction of sp³-hybridized carbons (Fsp3) is 0.0469. The fourth-order valence-electron chi connectivity index (χ4n) is 11.0. The zero-order chi connectivity index (χ0) is 45.4. The van der Waals surface area contributed by atoms with Crippen molar-refractivity contribution in [1.82, 2.24) is 19.5 Å². The molecule has 0 saturated heterocycles. The molecule has 0 fully saturated rings. The third-order valence-electron chi connectivity index (χ3n) is 14.3. The molecule has 0 bridgehead atoms. The SMILES string of the molecule is c1ccc(-c2ccc(-c3nc(-c4cc(C5CCc6cc7ccccc7cc6-c6ccccc65)c5c(c4)oc4ccccc45)nc(-c4ccc5c(c4)c4ccccc4n5-c4ccccc4)n3)cc2)cc1. The third-order valence-corrected chi connectivity index (χ3v) is 14.3. The summed E-state index contributed by atoms with van der Waals surface area (Å²) in [5.41, 5.74) is 16.6.